The Bertz CT molecular complexity index is 512. The van der Waals surface area contributed by atoms with E-state index in [-0.39, 0.29) is 0 Å². The molecule has 1 aliphatic rings. The fourth-order valence-corrected chi connectivity index (χ4v) is 2.75. The van der Waals surface area contributed by atoms with Crippen LogP contribution in [0.4, 0.5) is 0 Å². The summed E-state index contributed by atoms with van der Waals surface area (Å²) in [5.74, 6) is 0. The van der Waals surface area contributed by atoms with Crippen LogP contribution in [0.2, 0.25) is 0 Å². The normalized spacial score (nSPS) is 19.3. The predicted octanol–water partition coefficient (Wildman–Crippen LogP) is 2.45. The molecule has 0 radical (unpaired) electrons. The average Bonchev–Trinajstić information content (AvgIpc) is 2.95. The molecule has 0 bridgehead atoms. The van der Waals surface area contributed by atoms with Crippen molar-refractivity contribution >= 4 is 0 Å². The van der Waals surface area contributed by atoms with E-state index in [4.69, 9.17) is 0 Å². The third-order valence-corrected chi connectivity index (χ3v) is 3.84. The van der Waals surface area contributed by atoms with Crippen LogP contribution in [0, 0.1) is 0 Å². The van der Waals surface area contributed by atoms with Gasteiger partial charge in [-0.15, -0.1) is 0 Å². The molecular formula is C17H21N3. The van der Waals surface area contributed by atoms with Crippen molar-refractivity contribution in [1.29, 1.82) is 0 Å². The topological polar surface area (TPSA) is 28.2 Å². The smallest absolute Gasteiger partial charge is 0.0312 e. The molecule has 1 aromatic carbocycles. The van der Waals surface area contributed by atoms with E-state index < -0.39 is 0 Å². The molecule has 0 aliphatic carbocycles. The Hall–Kier alpha value is -1.71. The van der Waals surface area contributed by atoms with E-state index in [9.17, 15) is 0 Å². The Balaban J connectivity index is 1.45. The Morgan fingerprint density at radius 2 is 1.95 bits per heavy atom. The lowest BCUT2D eigenvalue weighted by atomic mass is 10.2. The van der Waals surface area contributed by atoms with Crippen molar-refractivity contribution in [2.24, 2.45) is 0 Å². The zero-order valence-electron chi connectivity index (χ0n) is 11.7. The van der Waals surface area contributed by atoms with Crippen molar-refractivity contribution in [1.82, 2.24) is 15.2 Å². The van der Waals surface area contributed by atoms with E-state index in [2.05, 4.69) is 51.6 Å². The van der Waals surface area contributed by atoms with E-state index in [1.54, 1.807) is 0 Å². The summed E-state index contributed by atoms with van der Waals surface area (Å²) in [6.45, 7) is 4.29. The molecular weight excluding hydrogens is 246 g/mol. The summed E-state index contributed by atoms with van der Waals surface area (Å²) in [5, 5.41) is 3.63. The second kappa shape index (κ2) is 6.64. The number of rotatable bonds is 5. The molecule has 20 heavy (non-hydrogen) atoms. The van der Waals surface area contributed by atoms with Crippen molar-refractivity contribution in [2.75, 3.05) is 13.1 Å². The number of likely N-dealkylation sites (tertiary alicyclic amines) is 1. The maximum atomic E-state index is 4.15. The van der Waals surface area contributed by atoms with Gasteiger partial charge in [0.1, 0.15) is 0 Å². The molecule has 1 atom stereocenters. The van der Waals surface area contributed by atoms with Gasteiger partial charge in [0, 0.05) is 44.6 Å². The second-order valence-corrected chi connectivity index (χ2v) is 5.45. The van der Waals surface area contributed by atoms with Crippen LogP contribution < -0.4 is 5.32 Å². The van der Waals surface area contributed by atoms with E-state index in [1.165, 1.54) is 24.1 Å². The van der Waals surface area contributed by atoms with Crippen LogP contribution >= 0.6 is 0 Å². The van der Waals surface area contributed by atoms with Gasteiger partial charge in [0.2, 0.25) is 0 Å². The van der Waals surface area contributed by atoms with Gasteiger partial charge in [-0.05, 0) is 23.6 Å². The molecule has 0 spiro atoms. The van der Waals surface area contributed by atoms with Gasteiger partial charge in [-0.1, -0.05) is 36.4 Å². The molecule has 1 aromatic heterocycles. The Morgan fingerprint density at radius 3 is 2.75 bits per heavy atom. The summed E-state index contributed by atoms with van der Waals surface area (Å²) in [6, 6.07) is 15.4. The van der Waals surface area contributed by atoms with Crippen molar-refractivity contribution in [3.63, 3.8) is 0 Å². The third kappa shape index (κ3) is 3.65. The molecule has 2 aromatic rings. The molecule has 104 valence electrons. The number of nitrogens with one attached hydrogen (secondary N) is 1. The summed E-state index contributed by atoms with van der Waals surface area (Å²) >= 11 is 0. The highest BCUT2D eigenvalue weighted by molar-refractivity contribution is 5.14. The molecule has 3 heteroatoms. The lowest BCUT2D eigenvalue weighted by Gasteiger charge is -2.16. The number of aromatic nitrogens is 1. The molecule has 3 nitrogen and oxygen atoms in total. The van der Waals surface area contributed by atoms with Crippen molar-refractivity contribution < 1.29 is 0 Å². The quantitative estimate of drug-likeness (QED) is 0.902. The van der Waals surface area contributed by atoms with Crippen LogP contribution in [-0.4, -0.2) is 29.0 Å². The molecule has 1 fully saturated rings. The Morgan fingerprint density at radius 1 is 1.10 bits per heavy atom. The second-order valence-electron chi connectivity index (χ2n) is 5.45. The lowest BCUT2D eigenvalue weighted by molar-refractivity contribution is 0.320. The van der Waals surface area contributed by atoms with E-state index in [0.29, 0.717) is 6.04 Å². The SMILES string of the molecule is c1ccc(CN2CC[C@@H](NCc3cccnc3)C2)cc1. The first kappa shape index (κ1) is 13.3. The number of nitrogens with zero attached hydrogens (tertiary/aromatic N) is 2. The van der Waals surface area contributed by atoms with Gasteiger partial charge in [0.15, 0.2) is 0 Å². The molecule has 0 amide bonds. The maximum Gasteiger partial charge on any atom is 0.0312 e. The Kier molecular flexibility index (Phi) is 4.41. The van der Waals surface area contributed by atoms with E-state index in [1.807, 2.05) is 18.5 Å². The molecule has 1 N–H and O–H groups in total. The fourth-order valence-electron chi connectivity index (χ4n) is 2.75. The molecule has 3 rings (SSSR count). The first-order chi connectivity index (χ1) is 9.90. The monoisotopic (exact) mass is 267 g/mol. The number of benzene rings is 1. The van der Waals surface area contributed by atoms with Crippen LogP contribution in [-0.2, 0) is 13.1 Å². The summed E-state index contributed by atoms with van der Waals surface area (Å²) in [7, 11) is 0. The molecule has 1 saturated heterocycles. The maximum absolute atomic E-state index is 4.15. The highest BCUT2D eigenvalue weighted by Crippen LogP contribution is 2.13. The lowest BCUT2D eigenvalue weighted by Crippen LogP contribution is -2.31. The highest BCUT2D eigenvalue weighted by Gasteiger charge is 2.21. The number of hydrogen-bond donors (Lipinski definition) is 1. The number of hydrogen-bond acceptors (Lipinski definition) is 3. The van der Waals surface area contributed by atoms with Gasteiger partial charge in [-0.25, -0.2) is 0 Å². The van der Waals surface area contributed by atoms with Gasteiger partial charge in [0.05, 0.1) is 0 Å². The van der Waals surface area contributed by atoms with Crippen LogP contribution in [0.1, 0.15) is 17.5 Å². The molecule has 1 aliphatic heterocycles. The van der Waals surface area contributed by atoms with Crippen molar-refractivity contribution in [3.8, 4) is 0 Å². The van der Waals surface area contributed by atoms with Crippen LogP contribution in [0.15, 0.2) is 54.9 Å². The third-order valence-electron chi connectivity index (χ3n) is 3.84. The first-order valence-electron chi connectivity index (χ1n) is 7.29. The summed E-state index contributed by atoms with van der Waals surface area (Å²) in [5.41, 5.74) is 2.66. The summed E-state index contributed by atoms with van der Waals surface area (Å²) in [4.78, 5) is 6.67. The van der Waals surface area contributed by atoms with Gasteiger partial charge < -0.3 is 5.32 Å². The largest absolute Gasteiger partial charge is 0.309 e. The van der Waals surface area contributed by atoms with E-state index >= 15 is 0 Å². The van der Waals surface area contributed by atoms with Crippen molar-refractivity contribution in [3.05, 3.63) is 66.0 Å². The zero-order chi connectivity index (χ0) is 13.6. The first-order valence-corrected chi connectivity index (χ1v) is 7.29. The highest BCUT2D eigenvalue weighted by atomic mass is 15.2. The molecule has 0 saturated carbocycles. The molecule has 0 unspecified atom stereocenters. The Labute approximate surface area is 120 Å². The zero-order valence-corrected chi connectivity index (χ0v) is 11.7. The average molecular weight is 267 g/mol. The minimum atomic E-state index is 0.596. The minimum absolute atomic E-state index is 0.596. The van der Waals surface area contributed by atoms with Gasteiger partial charge in [0.25, 0.3) is 0 Å². The minimum Gasteiger partial charge on any atom is -0.309 e. The van der Waals surface area contributed by atoms with E-state index in [0.717, 1.165) is 19.6 Å². The van der Waals surface area contributed by atoms with Gasteiger partial charge >= 0.3 is 0 Å². The fraction of sp³-hybridized carbons (Fsp3) is 0.353. The number of pyridine rings is 1. The van der Waals surface area contributed by atoms with Crippen LogP contribution in [0.5, 0.6) is 0 Å². The van der Waals surface area contributed by atoms with Gasteiger partial charge in [-0.2, -0.15) is 0 Å². The van der Waals surface area contributed by atoms with Crippen molar-refractivity contribution in [2.45, 2.75) is 25.6 Å². The summed E-state index contributed by atoms with van der Waals surface area (Å²) in [6.07, 6.45) is 4.98. The standard InChI is InChI=1S/C17H21N3/c1-2-5-15(6-3-1)13-20-10-8-17(14-20)19-12-16-7-4-9-18-11-16/h1-7,9,11,17,19H,8,10,12-14H2/t17-/m1/s1. The molecule has 2 heterocycles. The summed E-state index contributed by atoms with van der Waals surface area (Å²) < 4.78 is 0. The van der Waals surface area contributed by atoms with Crippen LogP contribution in [0.25, 0.3) is 0 Å². The van der Waals surface area contributed by atoms with Crippen LogP contribution in [0.3, 0.4) is 0 Å². The predicted molar refractivity (Wildman–Crippen MR) is 81.2 cm³/mol. The van der Waals surface area contributed by atoms with Gasteiger partial charge in [-0.3, -0.25) is 9.88 Å².